The van der Waals surface area contributed by atoms with Crippen LogP contribution in [0, 0.1) is 20.2 Å². The number of hydrogen-bond donors (Lipinski definition) is 1. The van der Waals surface area contributed by atoms with Crippen LogP contribution in [-0.4, -0.2) is 28.1 Å². The van der Waals surface area contributed by atoms with Crippen LogP contribution in [0.5, 0.6) is 0 Å². The van der Waals surface area contributed by atoms with Crippen molar-refractivity contribution in [3.8, 4) is 0 Å². The number of benzene rings is 2. The first-order valence-electron chi connectivity index (χ1n) is 10.3. The molecule has 1 aliphatic rings. The third-order valence-electron chi connectivity index (χ3n) is 5.64. The molecule has 1 atom stereocenters. The van der Waals surface area contributed by atoms with Crippen LogP contribution in [0.25, 0.3) is 0 Å². The Bertz CT molecular complexity index is 1030. The van der Waals surface area contributed by atoms with E-state index in [-0.39, 0.29) is 16.9 Å². The Balaban J connectivity index is 1.84. The molecule has 0 spiro atoms. The minimum Gasteiger partial charge on any atom is -0.366 e. The van der Waals surface area contributed by atoms with Gasteiger partial charge in [0.05, 0.1) is 22.1 Å². The Morgan fingerprint density at radius 2 is 1.94 bits per heavy atom. The highest BCUT2D eigenvalue weighted by Gasteiger charge is 2.35. The summed E-state index contributed by atoms with van der Waals surface area (Å²) in [6.07, 6.45) is 3.72. The molecule has 1 aliphatic heterocycles. The maximum Gasteiger partial charge on any atom is 0.301 e. The molecule has 2 aromatic carbocycles. The normalized spacial score (nSPS) is 17.4. The van der Waals surface area contributed by atoms with Crippen molar-refractivity contribution in [2.45, 2.75) is 52.0 Å². The minimum absolute atomic E-state index is 0.0917. The Morgan fingerprint density at radius 1 is 1.19 bits per heavy atom. The first kappa shape index (κ1) is 22.2. The molecular formula is C22H27N5O4. The molecule has 31 heavy (non-hydrogen) atoms. The van der Waals surface area contributed by atoms with Gasteiger partial charge >= 0.3 is 5.69 Å². The fourth-order valence-electron chi connectivity index (χ4n) is 4.29. The number of anilines is 2. The van der Waals surface area contributed by atoms with E-state index in [4.69, 9.17) is 0 Å². The van der Waals surface area contributed by atoms with Gasteiger partial charge in [0, 0.05) is 23.8 Å². The van der Waals surface area contributed by atoms with Gasteiger partial charge in [-0.05, 0) is 61.9 Å². The Morgan fingerprint density at radius 3 is 2.58 bits per heavy atom. The van der Waals surface area contributed by atoms with Gasteiger partial charge in [-0.25, -0.2) is 0 Å². The smallest absolute Gasteiger partial charge is 0.301 e. The van der Waals surface area contributed by atoms with Gasteiger partial charge in [-0.2, -0.15) is 5.10 Å². The van der Waals surface area contributed by atoms with Crippen molar-refractivity contribution in [3.05, 3.63) is 67.8 Å². The lowest BCUT2D eigenvalue weighted by Crippen LogP contribution is -2.48. The zero-order chi connectivity index (χ0) is 22.8. The number of non-ortho nitro benzene ring substituents is 1. The van der Waals surface area contributed by atoms with Crippen LogP contribution in [0.3, 0.4) is 0 Å². The highest BCUT2D eigenvalue weighted by molar-refractivity contribution is 5.82. The summed E-state index contributed by atoms with van der Waals surface area (Å²) in [6, 6.07) is 9.60. The first-order valence-corrected chi connectivity index (χ1v) is 10.3. The van der Waals surface area contributed by atoms with Gasteiger partial charge in [-0.1, -0.05) is 19.9 Å². The highest BCUT2D eigenvalue weighted by atomic mass is 16.6. The summed E-state index contributed by atoms with van der Waals surface area (Å²) >= 11 is 0. The van der Waals surface area contributed by atoms with Crippen molar-refractivity contribution in [2.75, 3.05) is 16.9 Å². The van der Waals surface area contributed by atoms with Gasteiger partial charge in [0.2, 0.25) is 0 Å². The molecule has 1 unspecified atom stereocenters. The standard InChI is InChI=1S/C22H27N5O4/c1-5-10-25-20-9-6-16(11-18(20)15(2)13-22(25,3)4)14-23-24-19-8-7-17(26(28)29)12-21(19)27(30)31/h6-9,11-12,14-15,24H,5,10,13H2,1-4H3/b23-14-. The van der Waals surface area contributed by atoms with E-state index in [9.17, 15) is 20.2 Å². The van der Waals surface area contributed by atoms with Crippen LogP contribution in [0.15, 0.2) is 41.5 Å². The largest absolute Gasteiger partial charge is 0.366 e. The molecule has 0 aromatic heterocycles. The molecule has 0 bridgehead atoms. The van der Waals surface area contributed by atoms with Crippen molar-refractivity contribution in [1.29, 1.82) is 0 Å². The monoisotopic (exact) mass is 425 g/mol. The van der Waals surface area contributed by atoms with Crippen molar-refractivity contribution < 1.29 is 9.85 Å². The van der Waals surface area contributed by atoms with Crippen LogP contribution in [-0.2, 0) is 0 Å². The van der Waals surface area contributed by atoms with E-state index >= 15 is 0 Å². The molecule has 0 amide bonds. The summed E-state index contributed by atoms with van der Waals surface area (Å²) in [6.45, 7) is 9.95. The van der Waals surface area contributed by atoms with Gasteiger partial charge in [0.1, 0.15) is 5.69 Å². The number of rotatable bonds is 7. The maximum absolute atomic E-state index is 11.2. The predicted molar refractivity (Wildman–Crippen MR) is 122 cm³/mol. The van der Waals surface area contributed by atoms with Crippen molar-refractivity contribution in [3.63, 3.8) is 0 Å². The molecule has 1 N–H and O–H groups in total. The summed E-state index contributed by atoms with van der Waals surface area (Å²) in [5.74, 6) is 0.398. The van der Waals surface area contributed by atoms with Crippen LogP contribution in [0.2, 0.25) is 0 Å². The molecule has 0 saturated carbocycles. The van der Waals surface area contributed by atoms with E-state index in [0.717, 1.165) is 31.0 Å². The van der Waals surface area contributed by atoms with E-state index in [1.807, 2.05) is 6.07 Å². The third-order valence-corrected chi connectivity index (χ3v) is 5.64. The second-order valence-corrected chi connectivity index (χ2v) is 8.47. The van der Waals surface area contributed by atoms with Crippen LogP contribution >= 0.6 is 0 Å². The Labute approximate surface area is 181 Å². The van der Waals surface area contributed by atoms with Gasteiger partial charge in [0.25, 0.3) is 5.69 Å². The number of fused-ring (bicyclic) bond motifs is 1. The number of nitro groups is 2. The van der Waals surface area contributed by atoms with Crippen LogP contribution in [0.1, 0.15) is 57.6 Å². The molecule has 1 heterocycles. The number of hydrazone groups is 1. The van der Waals surface area contributed by atoms with E-state index in [0.29, 0.717) is 5.92 Å². The zero-order valence-electron chi connectivity index (χ0n) is 18.2. The van der Waals surface area contributed by atoms with Crippen LogP contribution in [0.4, 0.5) is 22.7 Å². The molecule has 0 fully saturated rings. The summed E-state index contributed by atoms with van der Waals surface area (Å²) in [7, 11) is 0. The second kappa shape index (κ2) is 8.71. The van der Waals surface area contributed by atoms with Gasteiger partial charge in [-0.3, -0.25) is 25.7 Å². The summed E-state index contributed by atoms with van der Waals surface area (Å²) in [5, 5.41) is 26.2. The second-order valence-electron chi connectivity index (χ2n) is 8.47. The molecule has 164 valence electrons. The average molecular weight is 425 g/mol. The minimum atomic E-state index is -0.671. The number of hydrogen-bond acceptors (Lipinski definition) is 7. The van der Waals surface area contributed by atoms with Gasteiger partial charge in [-0.15, -0.1) is 0 Å². The molecule has 0 aliphatic carbocycles. The SMILES string of the molecule is CCCN1c2ccc(/C=N\Nc3ccc([N+](=O)[O-])cc3[N+](=O)[O-])cc2C(C)CC1(C)C. The molecule has 2 aromatic rings. The fourth-order valence-corrected chi connectivity index (χ4v) is 4.29. The maximum atomic E-state index is 11.2. The summed E-state index contributed by atoms with van der Waals surface area (Å²) < 4.78 is 0. The number of nitro benzene ring substituents is 2. The van der Waals surface area contributed by atoms with Gasteiger partial charge < -0.3 is 4.90 Å². The first-order chi connectivity index (χ1) is 14.6. The lowest BCUT2D eigenvalue weighted by molar-refractivity contribution is -0.393. The molecule has 0 saturated heterocycles. The quantitative estimate of drug-likeness (QED) is 0.358. The molecule has 9 nitrogen and oxygen atoms in total. The number of nitrogens with one attached hydrogen (secondary N) is 1. The van der Waals surface area contributed by atoms with Crippen molar-refractivity contribution in [2.24, 2.45) is 5.10 Å². The summed E-state index contributed by atoms with van der Waals surface area (Å²) in [5.41, 5.74) is 5.45. The van der Waals surface area contributed by atoms with Crippen molar-refractivity contribution in [1.82, 2.24) is 0 Å². The summed E-state index contributed by atoms with van der Waals surface area (Å²) in [4.78, 5) is 23.2. The lowest BCUT2D eigenvalue weighted by Gasteiger charge is -2.47. The van der Waals surface area contributed by atoms with Crippen molar-refractivity contribution >= 4 is 29.0 Å². The van der Waals surface area contributed by atoms with Gasteiger partial charge in [0.15, 0.2) is 0 Å². The Hall–Kier alpha value is -3.49. The van der Waals surface area contributed by atoms with E-state index in [1.54, 1.807) is 6.21 Å². The molecule has 9 heteroatoms. The topological polar surface area (TPSA) is 114 Å². The van der Waals surface area contributed by atoms with Crippen LogP contribution < -0.4 is 10.3 Å². The number of nitrogens with zero attached hydrogens (tertiary/aromatic N) is 4. The van der Waals surface area contributed by atoms with E-state index in [2.05, 4.69) is 55.3 Å². The highest BCUT2D eigenvalue weighted by Crippen LogP contribution is 2.43. The zero-order valence-corrected chi connectivity index (χ0v) is 18.2. The lowest BCUT2D eigenvalue weighted by atomic mass is 9.79. The van der Waals surface area contributed by atoms with E-state index in [1.165, 1.54) is 23.4 Å². The predicted octanol–water partition coefficient (Wildman–Crippen LogP) is 5.45. The molecule has 3 rings (SSSR count). The fraction of sp³-hybridized carbons (Fsp3) is 0.409. The molecule has 0 radical (unpaired) electrons. The average Bonchev–Trinajstić information content (AvgIpc) is 2.70. The molecular weight excluding hydrogens is 398 g/mol. The third kappa shape index (κ3) is 4.65. The Kier molecular flexibility index (Phi) is 6.24. The van der Waals surface area contributed by atoms with E-state index < -0.39 is 15.5 Å².